The van der Waals surface area contributed by atoms with E-state index in [9.17, 15) is 9.59 Å². The summed E-state index contributed by atoms with van der Waals surface area (Å²) in [4.78, 5) is 23.8. The number of carbonyl (C=O) groups is 2. The third-order valence-corrected chi connectivity index (χ3v) is 3.83. The molecular weight excluding hydrogens is 336 g/mol. The minimum Gasteiger partial charge on any atom is -0.492 e. The molecule has 0 saturated heterocycles. The Bertz CT molecular complexity index is 840. The van der Waals surface area contributed by atoms with E-state index in [1.165, 1.54) is 21.2 Å². The second kappa shape index (κ2) is 7.51. The molecule has 0 heterocycles. The first kappa shape index (κ1) is 19.4. The number of rotatable bonds is 3. The fourth-order valence-electron chi connectivity index (χ4n) is 2.72. The van der Waals surface area contributed by atoms with Crippen LogP contribution in [-0.4, -0.2) is 33.4 Å². The summed E-state index contributed by atoms with van der Waals surface area (Å²) >= 11 is 0. The maximum Gasteiger partial charge on any atom is 0.412 e. The van der Waals surface area contributed by atoms with Gasteiger partial charge >= 0.3 is 12.2 Å². The van der Waals surface area contributed by atoms with Gasteiger partial charge in [-0.25, -0.2) is 9.59 Å². The summed E-state index contributed by atoms with van der Waals surface area (Å²) in [6.07, 6.45) is -1.21. The largest absolute Gasteiger partial charge is 0.492 e. The normalized spacial score (nSPS) is 11.0. The van der Waals surface area contributed by atoms with Gasteiger partial charge in [-0.1, -0.05) is 45.0 Å². The molecule has 140 valence electrons. The fraction of sp³-hybridized carbons (Fsp3) is 0.368. The molecule has 0 aromatic heterocycles. The van der Waals surface area contributed by atoms with Crippen LogP contribution in [0.15, 0.2) is 24.3 Å². The van der Waals surface area contributed by atoms with Crippen LogP contribution in [0.1, 0.15) is 26.3 Å². The Labute approximate surface area is 152 Å². The number of methoxy groups -OCH3 is 1. The Morgan fingerprint density at radius 3 is 1.73 bits per heavy atom. The molecule has 7 nitrogen and oxygen atoms in total. The molecule has 0 fully saturated rings. The van der Waals surface area contributed by atoms with Crippen molar-refractivity contribution >= 4 is 23.0 Å². The molecule has 2 N–H and O–H groups in total. The van der Waals surface area contributed by atoms with Crippen LogP contribution in [0.3, 0.4) is 0 Å². The van der Waals surface area contributed by atoms with Crippen LogP contribution in [0.25, 0.3) is 10.8 Å². The molecule has 0 aliphatic heterocycles. The third-order valence-electron chi connectivity index (χ3n) is 3.83. The number of hydrogen-bond donors (Lipinski definition) is 2. The molecule has 2 aromatic rings. The maximum atomic E-state index is 11.9. The van der Waals surface area contributed by atoms with Crippen molar-refractivity contribution < 1.29 is 23.8 Å². The van der Waals surface area contributed by atoms with E-state index in [-0.39, 0.29) is 5.75 Å². The molecule has 0 aliphatic rings. The summed E-state index contributed by atoms with van der Waals surface area (Å²) < 4.78 is 16.7. The average Bonchev–Trinajstić information content (AvgIpc) is 2.61. The summed E-state index contributed by atoms with van der Waals surface area (Å²) in [5, 5.41) is 6.12. The van der Waals surface area contributed by atoms with E-state index in [0.29, 0.717) is 27.8 Å². The molecule has 0 saturated carbocycles. The van der Waals surface area contributed by atoms with Crippen molar-refractivity contribution in [2.75, 3.05) is 21.2 Å². The predicted molar refractivity (Wildman–Crippen MR) is 99.4 cm³/mol. The highest BCUT2D eigenvalue weighted by molar-refractivity contribution is 6.00. The van der Waals surface area contributed by atoms with Crippen LogP contribution in [0.2, 0.25) is 0 Å². The monoisotopic (exact) mass is 360 g/mol. The van der Waals surface area contributed by atoms with Crippen molar-refractivity contribution in [1.82, 2.24) is 10.6 Å². The summed E-state index contributed by atoms with van der Waals surface area (Å²) in [7, 11) is 4.45. The molecule has 26 heavy (non-hydrogen) atoms. The molecule has 2 rings (SSSR count). The van der Waals surface area contributed by atoms with Crippen molar-refractivity contribution in [2.24, 2.45) is 0 Å². The zero-order chi connectivity index (χ0) is 19.5. The van der Waals surface area contributed by atoms with Gasteiger partial charge in [0.05, 0.1) is 7.11 Å². The predicted octanol–water partition coefficient (Wildman–Crippen LogP) is 3.58. The van der Waals surface area contributed by atoms with Crippen LogP contribution in [0.4, 0.5) is 9.59 Å². The number of ether oxygens (including phenoxy) is 3. The number of benzene rings is 2. The van der Waals surface area contributed by atoms with Crippen molar-refractivity contribution in [3.05, 3.63) is 29.8 Å². The lowest BCUT2D eigenvalue weighted by Crippen LogP contribution is -2.26. The standard InChI is InChI=1S/C19H24N2O5/c1-19(2,3)13-14(25-17(22)20-4)11-9-7-8-10-12(11)15(16(13)24-6)26-18(23)21-5/h7-10H,1-6H3,(H,20,22)(H,21,23). The van der Waals surface area contributed by atoms with E-state index in [4.69, 9.17) is 14.2 Å². The molecule has 0 bridgehead atoms. The maximum absolute atomic E-state index is 11.9. The van der Waals surface area contributed by atoms with E-state index in [0.717, 1.165) is 0 Å². The Hall–Kier alpha value is -2.96. The van der Waals surface area contributed by atoms with E-state index < -0.39 is 17.6 Å². The Kier molecular flexibility index (Phi) is 5.59. The molecule has 2 amide bonds. The number of carbonyl (C=O) groups excluding carboxylic acids is 2. The lowest BCUT2D eigenvalue weighted by atomic mass is 9.83. The van der Waals surface area contributed by atoms with Crippen LogP contribution < -0.4 is 24.8 Å². The first-order valence-electron chi connectivity index (χ1n) is 8.16. The molecular formula is C19H24N2O5. The molecule has 0 radical (unpaired) electrons. The van der Waals surface area contributed by atoms with E-state index in [2.05, 4.69) is 10.6 Å². The summed E-state index contributed by atoms with van der Waals surface area (Å²) in [5.41, 5.74) is 0.167. The molecule has 2 aromatic carbocycles. The highest BCUT2D eigenvalue weighted by atomic mass is 16.6. The SMILES string of the molecule is CNC(=O)Oc1c(OC)c(C(C)(C)C)c(OC(=O)NC)c2ccccc12. The number of fused-ring (bicyclic) bond motifs is 1. The van der Waals surface area contributed by atoms with Crippen molar-refractivity contribution in [2.45, 2.75) is 26.2 Å². The first-order valence-corrected chi connectivity index (χ1v) is 8.16. The highest BCUT2D eigenvalue weighted by Gasteiger charge is 2.32. The second-order valence-corrected chi connectivity index (χ2v) is 6.64. The molecule has 7 heteroatoms. The van der Waals surface area contributed by atoms with Crippen LogP contribution in [-0.2, 0) is 5.41 Å². The number of amides is 2. The van der Waals surface area contributed by atoms with E-state index >= 15 is 0 Å². The summed E-state index contributed by atoms with van der Waals surface area (Å²) in [5.74, 6) is 0.990. The quantitative estimate of drug-likeness (QED) is 0.874. The topological polar surface area (TPSA) is 85.9 Å². The van der Waals surface area contributed by atoms with Gasteiger partial charge < -0.3 is 24.8 Å². The van der Waals surface area contributed by atoms with Gasteiger partial charge in [0, 0.05) is 30.4 Å². The molecule has 0 unspecified atom stereocenters. The van der Waals surface area contributed by atoms with Gasteiger partial charge in [-0.05, 0) is 5.41 Å². The highest BCUT2D eigenvalue weighted by Crippen LogP contribution is 2.50. The van der Waals surface area contributed by atoms with Gasteiger partial charge in [0.25, 0.3) is 0 Å². The second-order valence-electron chi connectivity index (χ2n) is 6.64. The molecule has 0 spiro atoms. The van der Waals surface area contributed by atoms with Gasteiger partial charge in [-0.2, -0.15) is 0 Å². The smallest absolute Gasteiger partial charge is 0.412 e. The molecule has 0 atom stereocenters. The fourth-order valence-corrected chi connectivity index (χ4v) is 2.72. The van der Waals surface area contributed by atoms with Crippen molar-refractivity contribution in [1.29, 1.82) is 0 Å². The summed E-state index contributed by atoms with van der Waals surface area (Å²) in [6.45, 7) is 5.88. The zero-order valence-electron chi connectivity index (χ0n) is 15.9. The third kappa shape index (κ3) is 3.66. The van der Waals surface area contributed by atoms with Crippen molar-refractivity contribution in [3.8, 4) is 17.2 Å². The van der Waals surface area contributed by atoms with Gasteiger partial charge in [-0.15, -0.1) is 0 Å². The lowest BCUT2D eigenvalue weighted by molar-refractivity contribution is 0.198. The Morgan fingerprint density at radius 2 is 1.31 bits per heavy atom. The average molecular weight is 360 g/mol. The number of hydrogen-bond acceptors (Lipinski definition) is 5. The van der Waals surface area contributed by atoms with E-state index in [1.807, 2.05) is 26.8 Å². The zero-order valence-corrected chi connectivity index (χ0v) is 15.9. The minimum absolute atomic E-state index is 0.275. The minimum atomic E-state index is -0.617. The van der Waals surface area contributed by atoms with Gasteiger partial charge in [0.1, 0.15) is 5.75 Å². The number of nitrogens with one attached hydrogen (secondary N) is 2. The first-order chi connectivity index (χ1) is 12.2. The van der Waals surface area contributed by atoms with Crippen LogP contribution in [0, 0.1) is 0 Å². The Morgan fingerprint density at radius 1 is 0.846 bits per heavy atom. The van der Waals surface area contributed by atoms with Crippen LogP contribution in [0.5, 0.6) is 17.2 Å². The van der Waals surface area contributed by atoms with E-state index in [1.54, 1.807) is 18.2 Å². The summed E-state index contributed by atoms with van der Waals surface area (Å²) in [6, 6.07) is 7.21. The molecule has 0 aliphatic carbocycles. The van der Waals surface area contributed by atoms with Crippen molar-refractivity contribution in [3.63, 3.8) is 0 Å². The lowest BCUT2D eigenvalue weighted by Gasteiger charge is -2.27. The van der Waals surface area contributed by atoms with Crippen LogP contribution >= 0.6 is 0 Å². The Balaban J connectivity index is 2.94. The van der Waals surface area contributed by atoms with Gasteiger partial charge in [0.2, 0.25) is 0 Å². The van der Waals surface area contributed by atoms with Gasteiger partial charge in [0.15, 0.2) is 11.5 Å². The van der Waals surface area contributed by atoms with Gasteiger partial charge in [-0.3, -0.25) is 0 Å².